The lowest BCUT2D eigenvalue weighted by atomic mass is 10.1. The lowest BCUT2D eigenvalue weighted by Gasteiger charge is -2.15. The maximum atomic E-state index is 5.37. The van der Waals surface area contributed by atoms with E-state index in [9.17, 15) is 0 Å². The number of hydrogen-bond donors (Lipinski definition) is 1. The van der Waals surface area contributed by atoms with Crippen molar-refractivity contribution in [1.29, 1.82) is 0 Å². The molecule has 0 amide bonds. The van der Waals surface area contributed by atoms with Crippen LogP contribution in [0.5, 0.6) is 11.6 Å². The zero-order valence-corrected chi connectivity index (χ0v) is 12.9. The summed E-state index contributed by atoms with van der Waals surface area (Å²) >= 11 is 0. The van der Waals surface area contributed by atoms with Crippen molar-refractivity contribution in [3.05, 3.63) is 53.7 Å². The lowest BCUT2D eigenvalue weighted by molar-refractivity contribution is 0.370. The molecular weight excluding hydrogens is 276 g/mol. The van der Waals surface area contributed by atoms with Gasteiger partial charge in [-0.15, -0.1) is 6.42 Å². The van der Waals surface area contributed by atoms with E-state index < -0.39 is 0 Å². The minimum Gasteiger partial charge on any atom is -0.481 e. The molecular formula is C18H20N2O2. The molecule has 1 heterocycles. The molecule has 0 spiro atoms. The number of ether oxygens (including phenoxy) is 2. The van der Waals surface area contributed by atoms with E-state index in [1.165, 1.54) is 5.56 Å². The summed E-state index contributed by atoms with van der Waals surface area (Å²) in [6.45, 7) is 3.15. The molecule has 0 fully saturated rings. The van der Waals surface area contributed by atoms with Gasteiger partial charge in [-0.05, 0) is 36.2 Å². The van der Waals surface area contributed by atoms with E-state index >= 15 is 0 Å². The largest absolute Gasteiger partial charge is 0.481 e. The second-order valence-electron chi connectivity index (χ2n) is 4.87. The minimum atomic E-state index is 0.223. The summed E-state index contributed by atoms with van der Waals surface area (Å²) in [6.07, 6.45) is 6.92. The molecule has 0 aliphatic rings. The van der Waals surface area contributed by atoms with E-state index in [0.717, 1.165) is 17.9 Å². The molecule has 0 bridgehead atoms. The van der Waals surface area contributed by atoms with E-state index in [-0.39, 0.29) is 12.6 Å². The van der Waals surface area contributed by atoms with Gasteiger partial charge in [0.2, 0.25) is 5.88 Å². The summed E-state index contributed by atoms with van der Waals surface area (Å²) in [5.74, 6) is 3.86. The van der Waals surface area contributed by atoms with Crippen LogP contribution < -0.4 is 14.8 Å². The first kappa shape index (κ1) is 15.9. The van der Waals surface area contributed by atoms with Crippen LogP contribution in [0.1, 0.15) is 24.1 Å². The highest BCUT2D eigenvalue weighted by Gasteiger charge is 2.06. The normalized spacial score (nSPS) is 11.5. The molecule has 0 aliphatic heterocycles. The van der Waals surface area contributed by atoms with Gasteiger partial charge in [-0.2, -0.15) is 0 Å². The van der Waals surface area contributed by atoms with Crippen LogP contribution in [0.15, 0.2) is 42.6 Å². The molecule has 1 atom stereocenters. The molecule has 0 unspecified atom stereocenters. The quantitative estimate of drug-likeness (QED) is 0.798. The summed E-state index contributed by atoms with van der Waals surface area (Å²) in [5, 5.41) is 3.47. The third kappa shape index (κ3) is 4.51. The molecule has 0 radical (unpaired) electrons. The van der Waals surface area contributed by atoms with Gasteiger partial charge in [0.05, 0.1) is 7.11 Å². The fourth-order valence-electron chi connectivity index (χ4n) is 2.04. The van der Waals surface area contributed by atoms with Gasteiger partial charge in [-0.3, -0.25) is 0 Å². The van der Waals surface area contributed by atoms with Crippen molar-refractivity contribution >= 4 is 0 Å². The van der Waals surface area contributed by atoms with Crippen molar-refractivity contribution in [2.24, 2.45) is 0 Å². The summed E-state index contributed by atoms with van der Waals surface area (Å²) in [6, 6.07) is 12.1. The third-order valence-electron chi connectivity index (χ3n) is 3.32. The number of aromatic nitrogens is 1. The van der Waals surface area contributed by atoms with E-state index in [0.29, 0.717) is 5.88 Å². The van der Waals surface area contributed by atoms with E-state index in [2.05, 4.69) is 23.1 Å². The second-order valence-corrected chi connectivity index (χ2v) is 4.87. The Morgan fingerprint density at radius 1 is 1.27 bits per heavy atom. The van der Waals surface area contributed by atoms with Gasteiger partial charge >= 0.3 is 0 Å². The zero-order valence-electron chi connectivity index (χ0n) is 12.9. The Morgan fingerprint density at radius 3 is 2.73 bits per heavy atom. The maximum absolute atomic E-state index is 5.37. The molecule has 22 heavy (non-hydrogen) atoms. The van der Waals surface area contributed by atoms with Crippen LogP contribution in [0.4, 0.5) is 0 Å². The molecule has 0 saturated carbocycles. The number of terminal acetylenes is 1. The summed E-state index contributed by atoms with van der Waals surface area (Å²) in [7, 11) is 1.62. The van der Waals surface area contributed by atoms with Crippen LogP contribution in [0, 0.1) is 12.3 Å². The smallest absolute Gasteiger partial charge is 0.213 e. The van der Waals surface area contributed by atoms with Gasteiger partial charge in [-0.25, -0.2) is 4.98 Å². The Labute approximate surface area is 131 Å². The average Bonchev–Trinajstić information content (AvgIpc) is 2.58. The number of nitrogens with zero attached hydrogens (tertiary/aromatic N) is 1. The van der Waals surface area contributed by atoms with Crippen LogP contribution in [0.3, 0.4) is 0 Å². The van der Waals surface area contributed by atoms with Crippen molar-refractivity contribution in [3.8, 4) is 24.0 Å². The summed E-state index contributed by atoms with van der Waals surface area (Å²) in [4.78, 5) is 4.10. The highest BCUT2D eigenvalue weighted by Crippen LogP contribution is 2.18. The number of rotatable bonds is 7. The molecule has 0 saturated heterocycles. The lowest BCUT2D eigenvalue weighted by Crippen LogP contribution is -2.18. The van der Waals surface area contributed by atoms with Crippen molar-refractivity contribution in [2.75, 3.05) is 13.7 Å². The molecule has 1 N–H and O–H groups in total. The second kappa shape index (κ2) is 8.06. The molecule has 4 heteroatoms. The highest BCUT2D eigenvalue weighted by molar-refractivity contribution is 5.29. The number of benzene rings is 1. The standard InChI is InChI=1S/C18H20N2O2/c1-4-11-22-17-7-5-16(6-8-17)14(2)20-13-15-9-10-19-18(12-15)21-3/h1,5-10,12,14,20H,11,13H2,2-3H3/t14-/m1/s1. The van der Waals surface area contributed by atoms with E-state index in [4.69, 9.17) is 15.9 Å². The Bertz CT molecular complexity index is 632. The summed E-state index contributed by atoms with van der Waals surface area (Å²) < 4.78 is 10.5. The number of hydrogen-bond acceptors (Lipinski definition) is 4. The van der Waals surface area contributed by atoms with Crippen molar-refractivity contribution in [3.63, 3.8) is 0 Å². The first-order valence-electron chi connectivity index (χ1n) is 7.11. The van der Waals surface area contributed by atoms with Gasteiger partial charge in [0.15, 0.2) is 0 Å². The third-order valence-corrected chi connectivity index (χ3v) is 3.32. The SMILES string of the molecule is C#CCOc1ccc([C@@H](C)NCc2ccnc(OC)c2)cc1. The number of methoxy groups -OCH3 is 1. The first-order chi connectivity index (χ1) is 10.7. The van der Waals surface area contributed by atoms with Crippen LogP contribution in [0.25, 0.3) is 0 Å². The topological polar surface area (TPSA) is 43.4 Å². The highest BCUT2D eigenvalue weighted by atomic mass is 16.5. The van der Waals surface area contributed by atoms with E-state index in [1.54, 1.807) is 13.3 Å². The Balaban J connectivity index is 1.91. The monoisotopic (exact) mass is 296 g/mol. The first-order valence-corrected chi connectivity index (χ1v) is 7.11. The molecule has 1 aromatic heterocycles. The zero-order chi connectivity index (χ0) is 15.8. The van der Waals surface area contributed by atoms with Gasteiger partial charge in [0.25, 0.3) is 0 Å². The molecule has 2 aromatic rings. The van der Waals surface area contributed by atoms with Gasteiger partial charge in [0, 0.05) is 24.8 Å². The van der Waals surface area contributed by atoms with E-state index in [1.807, 2.05) is 36.4 Å². The maximum Gasteiger partial charge on any atom is 0.213 e. The minimum absolute atomic E-state index is 0.223. The molecule has 0 aliphatic carbocycles. The van der Waals surface area contributed by atoms with Crippen LogP contribution in [-0.2, 0) is 6.54 Å². The fourth-order valence-corrected chi connectivity index (χ4v) is 2.04. The Kier molecular flexibility index (Phi) is 5.81. The van der Waals surface area contributed by atoms with Gasteiger partial charge in [-0.1, -0.05) is 18.1 Å². The van der Waals surface area contributed by atoms with Gasteiger partial charge in [0.1, 0.15) is 12.4 Å². The number of pyridine rings is 1. The predicted molar refractivity (Wildman–Crippen MR) is 86.8 cm³/mol. The molecule has 114 valence electrons. The number of nitrogens with one attached hydrogen (secondary N) is 1. The predicted octanol–water partition coefficient (Wildman–Crippen LogP) is 2.95. The van der Waals surface area contributed by atoms with Crippen molar-refractivity contribution in [1.82, 2.24) is 10.3 Å². The average molecular weight is 296 g/mol. The molecule has 4 nitrogen and oxygen atoms in total. The Hall–Kier alpha value is -2.51. The Morgan fingerprint density at radius 2 is 2.05 bits per heavy atom. The molecule has 2 rings (SSSR count). The fraction of sp³-hybridized carbons (Fsp3) is 0.278. The van der Waals surface area contributed by atoms with Crippen LogP contribution in [0.2, 0.25) is 0 Å². The van der Waals surface area contributed by atoms with Crippen LogP contribution in [-0.4, -0.2) is 18.7 Å². The summed E-state index contributed by atoms with van der Waals surface area (Å²) in [5.41, 5.74) is 2.32. The van der Waals surface area contributed by atoms with Crippen molar-refractivity contribution in [2.45, 2.75) is 19.5 Å². The van der Waals surface area contributed by atoms with Crippen molar-refractivity contribution < 1.29 is 9.47 Å². The molecule has 1 aromatic carbocycles. The van der Waals surface area contributed by atoms with Crippen LogP contribution >= 0.6 is 0 Å². The van der Waals surface area contributed by atoms with Gasteiger partial charge < -0.3 is 14.8 Å².